The molecule has 0 spiro atoms. The molecule has 0 bridgehead atoms. The molecule has 0 fully saturated rings. The van der Waals surface area contributed by atoms with Crippen LogP contribution in [0.5, 0.6) is 0 Å². The van der Waals surface area contributed by atoms with Crippen molar-refractivity contribution in [1.82, 2.24) is 15.0 Å². The van der Waals surface area contributed by atoms with Gasteiger partial charge in [0.15, 0.2) is 11.7 Å². The van der Waals surface area contributed by atoms with E-state index in [4.69, 9.17) is 9.68 Å². The number of nitriles is 1. The highest BCUT2D eigenvalue weighted by molar-refractivity contribution is 6.00. The van der Waals surface area contributed by atoms with Gasteiger partial charge in [0.2, 0.25) is 5.91 Å². The van der Waals surface area contributed by atoms with Crippen LogP contribution in [0.2, 0.25) is 0 Å². The van der Waals surface area contributed by atoms with Crippen LogP contribution < -0.4 is 4.90 Å². The molecule has 0 aromatic carbocycles. The zero-order valence-corrected chi connectivity index (χ0v) is 10.1. The molecule has 94 valence electrons. The van der Waals surface area contributed by atoms with Crippen LogP contribution in [-0.2, 0) is 11.2 Å². The number of aromatic nitrogens is 3. The number of anilines is 1. The molecular weight excluding hydrogens is 246 g/mol. The standard InChI is InChI=1S/C12H9N5O2/c1-7-15-9(6-19-7)11-14-5-8-4-10(18)17(3-2-13)12(8)16-11/h5-6H,3-4H2,1H3. The molecule has 0 saturated carbocycles. The summed E-state index contributed by atoms with van der Waals surface area (Å²) in [5.74, 6) is 1.24. The van der Waals surface area contributed by atoms with Gasteiger partial charge >= 0.3 is 0 Å². The molecule has 3 heterocycles. The Morgan fingerprint density at radius 1 is 1.53 bits per heavy atom. The summed E-state index contributed by atoms with van der Waals surface area (Å²) in [7, 11) is 0. The molecule has 0 aliphatic carbocycles. The molecule has 7 heteroatoms. The summed E-state index contributed by atoms with van der Waals surface area (Å²) in [6.07, 6.45) is 3.29. The number of carbonyl (C=O) groups is 1. The SMILES string of the molecule is Cc1nc(-c2ncc3c(n2)N(CC#N)C(=O)C3)co1. The predicted molar refractivity (Wildman–Crippen MR) is 63.9 cm³/mol. The molecule has 0 radical (unpaired) electrons. The Bertz CT molecular complexity index is 700. The summed E-state index contributed by atoms with van der Waals surface area (Å²) in [4.78, 5) is 25.7. The summed E-state index contributed by atoms with van der Waals surface area (Å²) in [6, 6.07) is 1.95. The predicted octanol–water partition coefficient (Wildman–Crippen LogP) is 0.853. The maximum absolute atomic E-state index is 11.7. The van der Waals surface area contributed by atoms with E-state index in [2.05, 4.69) is 15.0 Å². The minimum absolute atomic E-state index is 0.0138. The first-order valence-corrected chi connectivity index (χ1v) is 5.65. The van der Waals surface area contributed by atoms with E-state index in [1.807, 2.05) is 6.07 Å². The Kier molecular flexibility index (Phi) is 2.49. The maximum Gasteiger partial charge on any atom is 0.233 e. The minimum Gasteiger partial charge on any atom is -0.449 e. The van der Waals surface area contributed by atoms with Gasteiger partial charge in [-0.15, -0.1) is 0 Å². The molecule has 0 N–H and O–H groups in total. The normalized spacial score (nSPS) is 13.5. The van der Waals surface area contributed by atoms with Gasteiger partial charge in [0.1, 0.15) is 24.3 Å². The van der Waals surface area contributed by atoms with Gasteiger partial charge in [0.05, 0.1) is 12.5 Å². The molecule has 7 nitrogen and oxygen atoms in total. The number of carbonyl (C=O) groups excluding carboxylic acids is 1. The van der Waals surface area contributed by atoms with Crippen molar-refractivity contribution in [1.29, 1.82) is 5.26 Å². The van der Waals surface area contributed by atoms with Crippen LogP contribution >= 0.6 is 0 Å². The first-order chi connectivity index (χ1) is 9.19. The van der Waals surface area contributed by atoms with E-state index in [0.29, 0.717) is 23.2 Å². The smallest absolute Gasteiger partial charge is 0.233 e. The fourth-order valence-electron chi connectivity index (χ4n) is 1.96. The Morgan fingerprint density at radius 2 is 2.37 bits per heavy atom. The second kappa shape index (κ2) is 4.17. The van der Waals surface area contributed by atoms with Crippen molar-refractivity contribution in [3.8, 4) is 17.6 Å². The van der Waals surface area contributed by atoms with E-state index in [1.165, 1.54) is 11.2 Å². The number of nitrogens with zero attached hydrogens (tertiary/aromatic N) is 5. The Labute approximate surface area is 108 Å². The minimum atomic E-state index is -0.140. The largest absolute Gasteiger partial charge is 0.449 e. The second-order valence-electron chi connectivity index (χ2n) is 4.11. The average molecular weight is 255 g/mol. The molecule has 1 aliphatic rings. The van der Waals surface area contributed by atoms with Crippen LogP contribution in [0.15, 0.2) is 16.9 Å². The Balaban J connectivity index is 2.05. The molecule has 19 heavy (non-hydrogen) atoms. The van der Waals surface area contributed by atoms with Gasteiger partial charge in [-0.3, -0.25) is 9.69 Å². The summed E-state index contributed by atoms with van der Waals surface area (Å²) in [5, 5.41) is 8.75. The van der Waals surface area contributed by atoms with E-state index in [-0.39, 0.29) is 18.9 Å². The molecule has 2 aromatic rings. The van der Waals surface area contributed by atoms with Gasteiger partial charge in [0.25, 0.3) is 0 Å². The van der Waals surface area contributed by atoms with Gasteiger partial charge in [-0.2, -0.15) is 5.26 Å². The van der Waals surface area contributed by atoms with Crippen LogP contribution in [0.4, 0.5) is 5.82 Å². The van der Waals surface area contributed by atoms with Gasteiger partial charge in [0, 0.05) is 18.7 Å². The second-order valence-corrected chi connectivity index (χ2v) is 4.11. The number of aryl methyl sites for hydroxylation is 1. The monoisotopic (exact) mass is 255 g/mol. The molecule has 0 saturated heterocycles. The lowest BCUT2D eigenvalue weighted by atomic mass is 10.2. The highest BCUT2D eigenvalue weighted by atomic mass is 16.3. The lowest BCUT2D eigenvalue weighted by Gasteiger charge is -2.11. The van der Waals surface area contributed by atoms with Crippen LogP contribution in [0.3, 0.4) is 0 Å². The Morgan fingerprint density at radius 3 is 3.05 bits per heavy atom. The number of hydrogen-bond acceptors (Lipinski definition) is 6. The van der Waals surface area contributed by atoms with Crippen LogP contribution in [0.1, 0.15) is 11.5 Å². The van der Waals surface area contributed by atoms with E-state index < -0.39 is 0 Å². The van der Waals surface area contributed by atoms with Crippen LogP contribution in [-0.4, -0.2) is 27.4 Å². The number of oxazole rings is 1. The van der Waals surface area contributed by atoms with Crippen molar-refractivity contribution in [3.63, 3.8) is 0 Å². The average Bonchev–Trinajstić information content (AvgIpc) is 2.95. The van der Waals surface area contributed by atoms with E-state index in [9.17, 15) is 4.79 Å². The highest BCUT2D eigenvalue weighted by Gasteiger charge is 2.29. The topological polar surface area (TPSA) is 95.9 Å². The van der Waals surface area contributed by atoms with E-state index in [1.54, 1.807) is 13.1 Å². The third-order valence-electron chi connectivity index (χ3n) is 2.82. The van der Waals surface area contributed by atoms with Crippen molar-refractivity contribution in [2.24, 2.45) is 0 Å². The molecule has 0 atom stereocenters. The first kappa shape index (κ1) is 11.3. The zero-order valence-electron chi connectivity index (χ0n) is 10.1. The summed E-state index contributed by atoms with van der Waals surface area (Å²) < 4.78 is 5.11. The molecule has 1 aliphatic heterocycles. The number of amides is 1. The van der Waals surface area contributed by atoms with Gasteiger partial charge < -0.3 is 4.42 Å². The maximum atomic E-state index is 11.7. The quantitative estimate of drug-likeness (QED) is 0.738. The Hall–Kier alpha value is -2.75. The zero-order chi connectivity index (χ0) is 13.4. The van der Waals surface area contributed by atoms with Crippen molar-refractivity contribution in [2.45, 2.75) is 13.3 Å². The molecule has 3 rings (SSSR count). The van der Waals surface area contributed by atoms with Crippen molar-refractivity contribution in [3.05, 3.63) is 23.9 Å². The van der Waals surface area contributed by atoms with E-state index in [0.717, 1.165) is 5.56 Å². The fraction of sp³-hybridized carbons (Fsp3) is 0.250. The van der Waals surface area contributed by atoms with Crippen molar-refractivity contribution < 1.29 is 9.21 Å². The lowest BCUT2D eigenvalue weighted by Crippen LogP contribution is -2.27. The lowest BCUT2D eigenvalue weighted by molar-refractivity contribution is -0.117. The molecule has 1 amide bonds. The summed E-state index contributed by atoms with van der Waals surface area (Å²) in [6.45, 7) is 1.71. The number of hydrogen-bond donors (Lipinski definition) is 0. The van der Waals surface area contributed by atoms with Crippen LogP contribution in [0.25, 0.3) is 11.5 Å². The number of fused-ring (bicyclic) bond motifs is 1. The highest BCUT2D eigenvalue weighted by Crippen LogP contribution is 2.27. The van der Waals surface area contributed by atoms with Gasteiger partial charge in [-0.25, -0.2) is 15.0 Å². The molecular formula is C12H9N5O2. The van der Waals surface area contributed by atoms with Gasteiger partial charge in [-0.05, 0) is 0 Å². The first-order valence-electron chi connectivity index (χ1n) is 5.65. The molecule has 0 unspecified atom stereocenters. The summed E-state index contributed by atoms with van der Waals surface area (Å²) >= 11 is 0. The van der Waals surface area contributed by atoms with Crippen molar-refractivity contribution in [2.75, 3.05) is 11.4 Å². The summed E-state index contributed by atoms with van der Waals surface area (Å²) in [5.41, 5.74) is 1.24. The number of rotatable bonds is 2. The van der Waals surface area contributed by atoms with E-state index >= 15 is 0 Å². The fourth-order valence-corrected chi connectivity index (χ4v) is 1.96. The van der Waals surface area contributed by atoms with Crippen molar-refractivity contribution >= 4 is 11.7 Å². The van der Waals surface area contributed by atoms with Crippen LogP contribution in [0, 0.1) is 18.3 Å². The third-order valence-corrected chi connectivity index (χ3v) is 2.82. The molecule has 2 aromatic heterocycles. The third kappa shape index (κ3) is 1.83. The van der Waals surface area contributed by atoms with Gasteiger partial charge in [-0.1, -0.05) is 0 Å².